The van der Waals surface area contributed by atoms with Gasteiger partial charge in [0, 0.05) is 27.1 Å². The van der Waals surface area contributed by atoms with E-state index in [1.807, 2.05) is 36.4 Å². The van der Waals surface area contributed by atoms with Crippen molar-refractivity contribution in [2.24, 2.45) is 0 Å². The summed E-state index contributed by atoms with van der Waals surface area (Å²) in [7, 11) is 1.67. The number of hydrogen-bond acceptors (Lipinski definition) is 2. The molecule has 9 heteroatoms. The number of aliphatic hydroxyl groups is 1. The van der Waals surface area contributed by atoms with Crippen LogP contribution < -0.4 is 5.30 Å². The molecular weight excluding hydrogens is 589 g/mol. The third-order valence-corrected chi connectivity index (χ3v) is 6.15. The molecule has 1 N–H and O–H groups in total. The van der Waals surface area contributed by atoms with Crippen LogP contribution in [0.1, 0.15) is 18.6 Å². The van der Waals surface area contributed by atoms with Crippen molar-refractivity contribution in [1.82, 2.24) is 4.67 Å². The Morgan fingerprint density at radius 3 is 1.42 bits per heavy atom. The van der Waals surface area contributed by atoms with Crippen molar-refractivity contribution in [1.29, 1.82) is 0 Å². The third kappa shape index (κ3) is 16.5. The molecule has 0 radical (unpaired) electrons. The smallest absolute Gasteiger partial charge is 0 e. The van der Waals surface area contributed by atoms with Crippen LogP contribution in [0.25, 0.3) is 0 Å². The minimum atomic E-state index is -0.463. The van der Waals surface area contributed by atoms with E-state index < -0.39 is 14.2 Å². The van der Waals surface area contributed by atoms with Gasteiger partial charge in [-0.2, -0.15) is 0 Å². The summed E-state index contributed by atoms with van der Waals surface area (Å²) in [5.74, 6) is 0. The van der Waals surface area contributed by atoms with Crippen LogP contribution in [-0.4, -0.2) is 29.5 Å². The van der Waals surface area contributed by atoms with Gasteiger partial charge in [-0.15, -0.1) is 0 Å². The van der Waals surface area contributed by atoms with Gasteiger partial charge >= 0.3 is 56.5 Å². The molecule has 0 spiro atoms. The molecule has 0 unspecified atom stereocenters. The monoisotopic (exact) mass is 611 g/mol. The van der Waals surface area contributed by atoms with Gasteiger partial charge in [-0.25, -0.2) is 0 Å². The molecule has 0 heterocycles. The molecule has 162 valence electrons. The van der Waals surface area contributed by atoms with E-state index in [1.54, 1.807) is 0 Å². The summed E-state index contributed by atoms with van der Waals surface area (Å²) in [4.78, 5) is 0. The van der Waals surface area contributed by atoms with Crippen LogP contribution in [-0.2, 0) is 44.3 Å². The second-order valence-electron chi connectivity index (χ2n) is 5.03. The zero-order chi connectivity index (χ0) is 24.5. The van der Waals surface area contributed by atoms with Crippen molar-refractivity contribution < 1.29 is 49.4 Å². The van der Waals surface area contributed by atoms with Crippen LogP contribution >= 0.6 is 8.07 Å². The Morgan fingerprint density at radius 1 is 0.742 bits per heavy atom. The molecule has 3 atom stereocenters. The minimum Gasteiger partial charge on any atom is 0 e. The van der Waals surface area contributed by atoms with E-state index >= 15 is 0 Å². The number of likely N-dealkylation sites (N-methyl/N-ethyl adjacent to an activating group) is 1. The van der Waals surface area contributed by atoms with E-state index in [0.29, 0.717) is 0 Å². The molecule has 0 saturated heterocycles. The number of aliphatic hydroxyl groups excluding tert-OH is 1. The van der Waals surface area contributed by atoms with Gasteiger partial charge in [0.05, 0.1) is 6.10 Å². The molecule has 0 aliphatic rings. The fourth-order valence-corrected chi connectivity index (χ4v) is 3.87. The Balaban J connectivity index is -0.000000180. The van der Waals surface area contributed by atoms with Gasteiger partial charge in [-0.1, -0.05) is 60.7 Å². The first-order chi connectivity index (χ1) is 14.6. The number of hydrogen-bond donors (Lipinski definition) is 1. The Hall–Kier alpha value is -1.82. The van der Waals surface area contributed by atoms with Crippen molar-refractivity contribution in [2.45, 2.75) is 19.1 Å². The average molecular weight is 611 g/mol. The normalized spacial score (nSPS) is 10.5. The SMILES string of the molecule is C[C@@H]([C@H](O)c1ccccc1)N(C)[P@@](C)c1ccccc1.[C-]#[O+].[C-]#[O+].[C-]#[O+].[C-]#[O+].[C-]#[O+].[W]. The summed E-state index contributed by atoms with van der Waals surface area (Å²) < 4.78 is 39.8. The molecule has 2 aromatic carbocycles. The van der Waals surface area contributed by atoms with Gasteiger partial charge in [-0.3, -0.25) is 4.67 Å². The van der Waals surface area contributed by atoms with Crippen molar-refractivity contribution in [3.05, 3.63) is 99.5 Å². The molecule has 0 fully saturated rings. The Kier molecular flexibility index (Phi) is 38.8. The van der Waals surface area contributed by atoms with Gasteiger partial charge in [0.2, 0.25) is 0 Å². The van der Waals surface area contributed by atoms with Crippen LogP contribution in [0.5, 0.6) is 0 Å². The summed E-state index contributed by atoms with van der Waals surface area (Å²) in [5.41, 5.74) is 0.975. The second kappa shape index (κ2) is 30.4. The van der Waals surface area contributed by atoms with E-state index in [4.69, 9.17) is 23.3 Å². The van der Waals surface area contributed by atoms with E-state index in [9.17, 15) is 5.11 Å². The average Bonchev–Trinajstić information content (AvgIpc) is 2.89. The quantitative estimate of drug-likeness (QED) is 0.317. The maximum Gasteiger partial charge on any atom is 0 e. The zero-order valence-corrected chi connectivity index (χ0v) is 21.0. The van der Waals surface area contributed by atoms with Crippen LogP contribution in [0.2, 0.25) is 0 Å². The van der Waals surface area contributed by atoms with E-state index in [1.165, 1.54) is 5.30 Å². The maximum atomic E-state index is 10.5. The van der Waals surface area contributed by atoms with Gasteiger partial charge in [0.25, 0.3) is 0 Å². The fourth-order valence-electron chi connectivity index (χ4n) is 2.23. The summed E-state index contributed by atoms with van der Waals surface area (Å²) in [6.45, 7) is 26.8. The summed E-state index contributed by atoms with van der Waals surface area (Å²) in [6.07, 6.45) is -0.463. The number of benzene rings is 2. The molecule has 0 amide bonds. The predicted molar refractivity (Wildman–Crippen MR) is 107 cm³/mol. The van der Waals surface area contributed by atoms with Crippen LogP contribution in [0, 0.1) is 33.3 Å². The third-order valence-electron chi connectivity index (χ3n) is 3.79. The molecule has 7 nitrogen and oxygen atoms in total. The van der Waals surface area contributed by atoms with Crippen molar-refractivity contribution in [3.63, 3.8) is 0 Å². The summed E-state index contributed by atoms with van der Waals surface area (Å²) in [5, 5.41) is 11.9. The van der Waals surface area contributed by atoms with Gasteiger partial charge in [0.15, 0.2) is 0 Å². The first kappa shape index (κ1) is 39.6. The molecule has 0 aromatic heterocycles. The van der Waals surface area contributed by atoms with Crippen molar-refractivity contribution >= 4 is 13.4 Å². The first-order valence-corrected chi connectivity index (χ1v) is 9.62. The van der Waals surface area contributed by atoms with Crippen LogP contribution in [0.3, 0.4) is 0 Å². The molecule has 0 aliphatic heterocycles. The molecule has 0 bridgehead atoms. The molecular formula is C22H22NO6PW. The first-order valence-electron chi connectivity index (χ1n) is 7.88. The molecule has 2 aromatic rings. The predicted octanol–water partition coefficient (Wildman–Crippen LogP) is 3.20. The standard InChI is InChI=1S/C17H22NOP.5CO.W/c1-14(17(19)15-10-6-4-7-11-15)18(2)20(3)16-12-8-5-9-13-16;5*1-2;/h4-14,17,19H,1-3H3;;;;;;/t14-,17-,20-;;;;;;/m0....../s1. The molecule has 31 heavy (non-hydrogen) atoms. The minimum absolute atomic E-state index is 0. The maximum absolute atomic E-state index is 10.5. The van der Waals surface area contributed by atoms with Crippen LogP contribution in [0.4, 0.5) is 0 Å². The largest absolute Gasteiger partial charge is 0 e. The molecule has 0 aliphatic carbocycles. The Morgan fingerprint density at radius 2 is 1.06 bits per heavy atom. The fraction of sp³-hybridized carbons (Fsp3) is 0.227. The van der Waals surface area contributed by atoms with E-state index in [-0.39, 0.29) is 27.1 Å². The van der Waals surface area contributed by atoms with Crippen molar-refractivity contribution in [3.8, 4) is 0 Å². The second-order valence-corrected chi connectivity index (χ2v) is 7.22. The van der Waals surface area contributed by atoms with Gasteiger partial charge in [-0.05, 0) is 39.6 Å². The zero-order valence-electron chi connectivity index (χ0n) is 17.2. The molecule has 2 rings (SSSR count). The topological polar surface area (TPSA) is 123 Å². The van der Waals surface area contributed by atoms with E-state index in [2.05, 4.69) is 82.8 Å². The van der Waals surface area contributed by atoms with Crippen LogP contribution in [0.15, 0.2) is 60.7 Å². The molecule has 0 saturated carbocycles. The number of rotatable bonds is 5. The van der Waals surface area contributed by atoms with Gasteiger partial charge < -0.3 is 5.11 Å². The van der Waals surface area contributed by atoms with Crippen molar-refractivity contribution in [2.75, 3.05) is 13.7 Å². The van der Waals surface area contributed by atoms with Gasteiger partial charge in [0.1, 0.15) is 0 Å². The Labute approximate surface area is 199 Å². The number of nitrogens with zero attached hydrogens (tertiary/aromatic N) is 1. The van der Waals surface area contributed by atoms with E-state index in [0.717, 1.165) is 5.56 Å². The summed E-state index contributed by atoms with van der Waals surface area (Å²) in [6, 6.07) is 20.4. The Bertz CT molecular complexity index is 650. The summed E-state index contributed by atoms with van der Waals surface area (Å²) >= 11 is 0.